The second-order valence-electron chi connectivity index (χ2n) is 4.47. The third-order valence-corrected chi connectivity index (χ3v) is 3.39. The Kier molecular flexibility index (Phi) is 15.7. The van der Waals surface area contributed by atoms with E-state index in [1.54, 1.807) is 6.92 Å². The number of rotatable bonds is 12. The van der Waals surface area contributed by atoms with Gasteiger partial charge in [0.2, 0.25) is 0 Å². The van der Waals surface area contributed by atoms with E-state index in [1.165, 1.54) is 0 Å². The fraction of sp³-hybridized carbons (Fsp3) is 0.769. The van der Waals surface area contributed by atoms with E-state index in [0.717, 1.165) is 25.7 Å². The Morgan fingerprint density at radius 3 is 2.19 bits per heavy atom. The number of esters is 1. The molecule has 0 aliphatic heterocycles. The second-order valence-corrected chi connectivity index (χ2v) is 5.92. The molecule has 1 N–H and O–H groups in total. The Hall–Kier alpha value is 0.320. The van der Waals surface area contributed by atoms with Crippen molar-refractivity contribution in [2.45, 2.75) is 46.0 Å². The molecule has 0 rings (SSSR count). The molecule has 0 spiro atoms. The Morgan fingerprint density at radius 2 is 1.67 bits per heavy atom. The standard InChI is InChI=1S/C13H25O6P.Na.H/c1-4-5-6-7-10-18-20(15,16)19-11-8-9-17-13(14)12(2)3;;/h2,4-11H2,1,3H3,(H,15,16);;. The molecule has 1 atom stereocenters. The molecule has 0 aliphatic carbocycles. The van der Waals surface area contributed by atoms with Crippen LogP contribution in [0.25, 0.3) is 0 Å². The van der Waals surface area contributed by atoms with Crippen LogP contribution in [0.2, 0.25) is 0 Å². The van der Waals surface area contributed by atoms with Crippen molar-refractivity contribution in [1.82, 2.24) is 0 Å². The van der Waals surface area contributed by atoms with Gasteiger partial charge in [-0.3, -0.25) is 9.05 Å². The van der Waals surface area contributed by atoms with Gasteiger partial charge in [-0.15, -0.1) is 0 Å². The Morgan fingerprint density at radius 1 is 1.10 bits per heavy atom. The molecule has 0 heterocycles. The van der Waals surface area contributed by atoms with Gasteiger partial charge >= 0.3 is 43.3 Å². The van der Waals surface area contributed by atoms with Gasteiger partial charge in [-0.05, 0) is 13.3 Å². The van der Waals surface area contributed by atoms with Gasteiger partial charge in [0.1, 0.15) is 0 Å². The number of carbonyl (C=O) groups is 1. The fourth-order valence-corrected chi connectivity index (χ4v) is 2.07. The van der Waals surface area contributed by atoms with Gasteiger partial charge in [-0.25, -0.2) is 9.36 Å². The molecule has 1 unspecified atom stereocenters. The van der Waals surface area contributed by atoms with Crippen LogP contribution in [0.4, 0.5) is 0 Å². The zero-order chi connectivity index (χ0) is 15.4. The van der Waals surface area contributed by atoms with Gasteiger partial charge in [0.25, 0.3) is 0 Å². The summed E-state index contributed by atoms with van der Waals surface area (Å²) in [5.74, 6) is -0.482. The van der Waals surface area contributed by atoms with E-state index in [4.69, 9.17) is 13.8 Å². The SMILES string of the molecule is C=C(C)C(=O)OCCCOP(=O)(O)OCCCCCC.[NaH]. The fourth-order valence-electron chi connectivity index (χ4n) is 1.27. The second kappa shape index (κ2) is 13.9. The van der Waals surface area contributed by atoms with Gasteiger partial charge in [0.05, 0.1) is 19.8 Å². The third kappa shape index (κ3) is 15.0. The average Bonchev–Trinajstić information content (AvgIpc) is 2.37. The zero-order valence-corrected chi connectivity index (χ0v) is 13.2. The van der Waals surface area contributed by atoms with E-state index >= 15 is 0 Å². The molecule has 120 valence electrons. The molecule has 0 saturated carbocycles. The van der Waals surface area contributed by atoms with Crippen LogP contribution in [0.5, 0.6) is 0 Å². The molecule has 0 amide bonds. The summed E-state index contributed by atoms with van der Waals surface area (Å²) in [7, 11) is -3.98. The van der Waals surface area contributed by atoms with Crippen LogP contribution in [-0.4, -0.2) is 60.2 Å². The summed E-state index contributed by atoms with van der Waals surface area (Å²) in [6.45, 7) is 7.38. The molecule has 0 aromatic rings. The van der Waals surface area contributed by atoms with Crippen LogP contribution >= 0.6 is 7.82 Å². The predicted octanol–water partition coefficient (Wildman–Crippen LogP) is 2.56. The summed E-state index contributed by atoms with van der Waals surface area (Å²) in [4.78, 5) is 20.4. The minimum absolute atomic E-state index is 0. The van der Waals surface area contributed by atoms with E-state index in [2.05, 4.69) is 13.5 Å². The van der Waals surface area contributed by atoms with E-state index in [-0.39, 0.29) is 49.4 Å². The van der Waals surface area contributed by atoms with Gasteiger partial charge in [0.15, 0.2) is 0 Å². The van der Waals surface area contributed by atoms with Crippen LogP contribution < -0.4 is 0 Å². The first kappa shape index (κ1) is 23.6. The van der Waals surface area contributed by atoms with Crippen LogP contribution in [0, 0.1) is 0 Å². The summed E-state index contributed by atoms with van der Waals surface area (Å²) in [5.41, 5.74) is 0.314. The number of phosphoric ester groups is 1. The average molecular weight is 332 g/mol. The Bertz CT molecular complexity index is 348. The molecular weight excluding hydrogens is 306 g/mol. The van der Waals surface area contributed by atoms with E-state index in [9.17, 15) is 14.3 Å². The molecule has 0 aromatic heterocycles. The first-order valence-corrected chi connectivity index (χ1v) is 8.33. The van der Waals surface area contributed by atoms with Gasteiger partial charge in [0, 0.05) is 12.0 Å². The number of ether oxygens (including phenoxy) is 1. The Labute approximate surface area is 149 Å². The van der Waals surface area contributed by atoms with E-state index < -0.39 is 13.8 Å². The number of unbranched alkanes of at least 4 members (excludes halogenated alkanes) is 3. The van der Waals surface area contributed by atoms with Gasteiger partial charge < -0.3 is 9.63 Å². The summed E-state index contributed by atoms with van der Waals surface area (Å²) in [6.07, 6.45) is 4.19. The Balaban J connectivity index is 0. The van der Waals surface area contributed by atoms with Crippen molar-refractivity contribution < 1.29 is 28.0 Å². The maximum atomic E-state index is 11.4. The van der Waals surface area contributed by atoms with Crippen molar-refractivity contribution >= 4 is 43.3 Å². The van der Waals surface area contributed by atoms with Crippen molar-refractivity contribution in [1.29, 1.82) is 0 Å². The first-order valence-electron chi connectivity index (χ1n) is 6.83. The molecule has 6 nitrogen and oxygen atoms in total. The molecule has 21 heavy (non-hydrogen) atoms. The molecule has 0 fully saturated rings. The predicted molar refractivity (Wildman–Crippen MR) is 83.4 cm³/mol. The summed E-state index contributed by atoms with van der Waals surface area (Å²) >= 11 is 0. The topological polar surface area (TPSA) is 82.1 Å². The van der Waals surface area contributed by atoms with E-state index in [1.807, 2.05) is 0 Å². The van der Waals surface area contributed by atoms with Crippen molar-refractivity contribution in [2.24, 2.45) is 0 Å². The van der Waals surface area contributed by atoms with Crippen LogP contribution in [-0.2, 0) is 23.1 Å². The summed E-state index contributed by atoms with van der Waals surface area (Å²) < 4.78 is 25.8. The third-order valence-electron chi connectivity index (χ3n) is 2.38. The quantitative estimate of drug-likeness (QED) is 0.194. The van der Waals surface area contributed by atoms with Crippen LogP contribution in [0.1, 0.15) is 46.0 Å². The first-order chi connectivity index (χ1) is 9.39. The van der Waals surface area contributed by atoms with Crippen LogP contribution in [0.15, 0.2) is 12.2 Å². The van der Waals surface area contributed by atoms with Crippen molar-refractivity contribution in [2.75, 3.05) is 19.8 Å². The van der Waals surface area contributed by atoms with Gasteiger partial charge in [-0.1, -0.05) is 32.8 Å². The number of hydrogen-bond acceptors (Lipinski definition) is 5. The number of phosphoric acid groups is 1. The molecule has 0 aromatic carbocycles. The minimum atomic E-state index is -3.98. The summed E-state index contributed by atoms with van der Waals surface area (Å²) in [6, 6.07) is 0. The monoisotopic (exact) mass is 332 g/mol. The van der Waals surface area contributed by atoms with Crippen LogP contribution in [0.3, 0.4) is 0 Å². The molecule has 0 aliphatic rings. The molecule has 0 saturated heterocycles. The molecule has 8 heteroatoms. The maximum absolute atomic E-state index is 11.4. The van der Waals surface area contributed by atoms with Gasteiger partial charge in [-0.2, -0.15) is 0 Å². The molecular formula is C13H26NaO6P. The molecule has 0 radical (unpaired) electrons. The van der Waals surface area contributed by atoms with Crippen molar-refractivity contribution in [3.8, 4) is 0 Å². The zero-order valence-electron chi connectivity index (χ0n) is 12.3. The molecule has 0 bridgehead atoms. The number of hydrogen-bond donors (Lipinski definition) is 1. The van der Waals surface area contributed by atoms with Crippen molar-refractivity contribution in [3.63, 3.8) is 0 Å². The number of carbonyl (C=O) groups excluding carboxylic acids is 1. The normalized spacial score (nSPS) is 13.1. The summed E-state index contributed by atoms with van der Waals surface area (Å²) in [5, 5.41) is 0. The van der Waals surface area contributed by atoms with Crippen molar-refractivity contribution in [3.05, 3.63) is 12.2 Å². The van der Waals surface area contributed by atoms with E-state index in [0.29, 0.717) is 12.0 Å².